The fourth-order valence-corrected chi connectivity index (χ4v) is 8.60. The number of rotatable bonds is 0. The Morgan fingerprint density at radius 2 is 0.933 bits per heavy atom. The zero-order valence-electron chi connectivity index (χ0n) is 25.3. The number of benzene rings is 7. The number of hydrogen-bond donors (Lipinski definition) is 0. The molecule has 2 nitrogen and oxygen atoms in total. The Hall–Kier alpha value is -5.28. The molecular weight excluding hydrogens is 547 g/mol. The van der Waals surface area contributed by atoms with Crippen molar-refractivity contribution >= 4 is 88.5 Å². The molecule has 0 fully saturated rings. The molecule has 0 unspecified atom stereocenters. The van der Waals surface area contributed by atoms with Crippen molar-refractivity contribution in [1.29, 1.82) is 0 Å². The minimum Gasteiger partial charge on any atom is -0.455 e. The lowest BCUT2D eigenvalue weighted by molar-refractivity contribution is 0.591. The standard InChI is InChI=1S/C42H27BO2/c1-42(2,3)22-18-29-27-20-31-23-10-4-6-16-35(23)44-40(31)25-12-8-14-33(37(25)27)43-34-15-9-13-26-38(34)28(30(19-22)39(29)43)21-32-24-11-5-7-17-36(24)45-41(26)32/h4-21H,1-3H3. The molecule has 0 bridgehead atoms. The van der Waals surface area contributed by atoms with Gasteiger partial charge in [0.15, 0.2) is 0 Å². The molecule has 210 valence electrons. The van der Waals surface area contributed by atoms with Gasteiger partial charge in [-0.1, -0.05) is 122 Å². The molecule has 0 saturated carbocycles. The van der Waals surface area contributed by atoms with E-state index in [0.717, 1.165) is 22.3 Å². The summed E-state index contributed by atoms with van der Waals surface area (Å²) < 4.78 is 13.2. The van der Waals surface area contributed by atoms with Crippen LogP contribution in [0.2, 0.25) is 0 Å². The number of furan rings is 2. The Morgan fingerprint density at radius 3 is 1.42 bits per heavy atom. The Labute approximate surface area is 259 Å². The molecule has 45 heavy (non-hydrogen) atoms. The van der Waals surface area contributed by atoms with Crippen molar-refractivity contribution < 1.29 is 8.83 Å². The first kappa shape index (κ1) is 24.1. The molecule has 2 aliphatic heterocycles. The molecule has 4 heterocycles. The number of fused-ring (bicyclic) bond motifs is 12. The van der Waals surface area contributed by atoms with Crippen molar-refractivity contribution in [2.75, 3.05) is 0 Å². The molecular formula is C42H27BO2. The summed E-state index contributed by atoms with van der Waals surface area (Å²) in [6, 6.07) is 40.3. The molecule has 0 radical (unpaired) electrons. The first-order valence-electron chi connectivity index (χ1n) is 15.9. The maximum absolute atomic E-state index is 6.60. The van der Waals surface area contributed by atoms with E-state index in [9.17, 15) is 0 Å². The Balaban J connectivity index is 1.38. The van der Waals surface area contributed by atoms with E-state index in [4.69, 9.17) is 8.83 Å². The second kappa shape index (κ2) is 7.86. The van der Waals surface area contributed by atoms with Crippen molar-refractivity contribution in [2.24, 2.45) is 0 Å². The van der Waals surface area contributed by atoms with Crippen LogP contribution >= 0.6 is 0 Å². The minimum atomic E-state index is -0.0218. The van der Waals surface area contributed by atoms with E-state index in [2.05, 4.69) is 130 Å². The molecule has 9 aromatic rings. The van der Waals surface area contributed by atoms with Gasteiger partial charge in [0.05, 0.1) is 0 Å². The van der Waals surface area contributed by atoms with Crippen molar-refractivity contribution in [1.82, 2.24) is 0 Å². The molecule has 7 aromatic carbocycles. The van der Waals surface area contributed by atoms with Crippen LogP contribution in [0.25, 0.3) is 87.7 Å². The second-order valence-electron chi connectivity index (χ2n) is 14.0. The van der Waals surface area contributed by atoms with Crippen LogP contribution in [0, 0.1) is 0 Å². The monoisotopic (exact) mass is 574 g/mol. The average Bonchev–Trinajstić information content (AvgIpc) is 3.62. The SMILES string of the molecule is CC(C)(C)c1cc2c3c(c1)-c1cc4c5ccccc5oc4c4cccc(c14)B3c1cccc3c1c-2cc1c2ccccc2oc31. The van der Waals surface area contributed by atoms with Gasteiger partial charge in [-0.25, -0.2) is 0 Å². The van der Waals surface area contributed by atoms with Gasteiger partial charge < -0.3 is 8.83 Å². The molecule has 0 saturated heterocycles. The van der Waals surface area contributed by atoms with Crippen molar-refractivity contribution in [2.45, 2.75) is 26.2 Å². The fraction of sp³-hybridized carbons (Fsp3) is 0.0952. The van der Waals surface area contributed by atoms with Crippen molar-refractivity contribution in [3.8, 4) is 22.3 Å². The van der Waals surface area contributed by atoms with Crippen molar-refractivity contribution in [3.05, 3.63) is 115 Å². The third-order valence-corrected chi connectivity index (χ3v) is 10.6. The second-order valence-corrected chi connectivity index (χ2v) is 14.0. The zero-order chi connectivity index (χ0) is 29.8. The molecule has 2 aliphatic rings. The third-order valence-electron chi connectivity index (χ3n) is 10.6. The number of para-hydroxylation sites is 2. The lowest BCUT2D eigenvalue weighted by Gasteiger charge is -2.35. The predicted octanol–water partition coefficient (Wildman–Crippen LogP) is 9.57. The van der Waals surface area contributed by atoms with E-state index in [1.165, 1.54) is 87.3 Å². The van der Waals surface area contributed by atoms with Gasteiger partial charge in [0.25, 0.3) is 0 Å². The maximum Gasteiger partial charge on any atom is 0.244 e. The summed E-state index contributed by atoms with van der Waals surface area (Å²) in [5, 5.41) is 9.71. The predicted molar refractivity (Wildman–Crippen MR) is 190 cm³/mol. The van der Waals surface area contributed by atoms with Gasteiger partial charge >= 0.3 is 0 Å². The average molecular weight is 574 g/mol. The van der Waals surface area contributed by atoms with E-state index >= 15 is 0 Å². The van der Waals surface area contributed by atoms with E-state index in [1.54, 1.807) is 0 Å². The summed E-state index contributed by atoms with van der Waals surface area (Å²) in [4.78, 5) is 0. The van der Waals surface area contributed by atoms with Gasteiger partial charge in [-0.3, -0.25) is 0 Å². The Bertz CT molecular complexity index is 2620. The van der Waals surface area contributed by atoms with E-state index < -0.39 is 0 Å². The Kier molecular flexibility index (Phi) is 4.21. The van der Waals surface area contributed by atoms with Crippen LogP contribution in [-0.4, -0.2) is 6.71 Å². The number of hydrogen-bond acceptors (Lipinski definition) is 2. The van der Waals surface area contributed by atoms with Crippen LogP contribution < -0.4 is 16.4 Å². The van der Waals surface area contributed by atoms with Crippen LogP contribution in [-0.2, 0) is 5.41 Å². The van der Waals surface area contributed by atoms with Gasteiger partial charge in [0.1, 0.15) is 22.3 Å². The summed E-state index contributed by atoms with van der Waals surface area (Å²) in [6.45, 7) is 7.10. The van der Waals surface area contributed by atoms with E-state index in [1.807, 2.05) is 0 Å². The van der Waals surface area contributed by atoms with Gasteiger partial charge in [0, 0.05) is 32.3 Å². The highest BCUT2D eigenvalue weighted by atomic mass is 16.3. The molecule has 11 rings (SSSR count). The van der Waals surface area contributed by atoms with Crippen LogP contribution in [0.15, 0.2) is 118 Å². The Morgan fingerprint density at radius 1 is 0.467 bits per heavy atom. The molecule has 2 aromatic heterocycles. The lowest BCUT2D eigenvalue weighted by Crippen LogP contribution is -2.57. The topological polar surface area (TPSA) is 26.3 Å². The summed E-state index contributed by atoms with van der Waals surface area (Å²) >= 11 is 0. The first-order chi connectivity index (χ1) is 22.0. The smallest absolute Gasteiger partial charge is 0.244 e. The molecule has 0 N–H and O–H groups in total. The first-order valence-corrected chi connectivity index (χ1v) is 15.9. The van der Waals surface area contributed by atoms with Gasteiger partial charge in [-0.05, 0) is 68.3 Å². The quantitative estimate of drug-likeness (QED) is 0.169. The molecule has 0 amide bonds. The highest BCUT2D eigenvalue weighted by molar-refractivity contribution is 7.01. The van der Waals surface area contributed by atoms with Crippen LogP contribution in [0.1, 0.15) is 26.3 Å². The molecule has 0 aliphatic carbocycles. The summed E-state index contributed by atoms with van der Waals surface area (Å²) in [6.07, 6.45) is 0. The van der Waals surface area contributed by atoms with E-state index in [-0.39, 0.29) is 12.1 Å². The van der Waals surface area contributed by atoms with E-state index in [0.29, 0.717) is 0 Å². The minimum absolute atomic E-state index is 0.0218. The third kappa shape index (κ3) is 2.88. The highest BCUT2D eigenvalue weighted by Gasteiger charge is 2.40. The van der Waals surface area contributed by atoms with Gasteiger partial charge in [-0.2, -0.15) is 0 Å². The van der Waals surface area contributed by atoms with Gasteiger partial charge in [-0.15, -0.1) is 0 Å². The van der Waals surface area contributed by atoms with Crippen molar-refractivity contribution in [3.63, 3.8) is 0 Å². The largest absolute Gasteiger partial charge is 0.455 e. The van der Waals surface area contributed by atoms with Gasteiger partial charge in [0.2, 0.25) is 6.71 Å². The lowest BCUT2D eigenvalue weighted by atomic mass is 9.31. The molecule has 0 atom stereocenters. The summed E-state index contributed by atoms with van der Waals surface area (Å²) in [7, 11) is 0. The highest BCUT2D eigenvalue weighted by Crippen LogP contribution is 2.46. The summed E-state index contributed by atoms with van der Waals surface area (Å²) in [5.74, 6) is 0. The normalized spacial score (nSPS) is 13.6. The molecule has 0 spiro atoms. The molecule has 3 heteroatoms. The van der Waals surface area contributed by atoms with Crippen LogP contribution in [0.3, 0.4) is 0 Å². The summed E-state index contributed by atoms with van der Waals surface area (Å²) in [5.41, 5.74) is 14.6. The van der Waals surface area contributed by atoms with Crippen LogP contribution in [0.5, 0.6) is 0 Å². The fourth-order valence-electron chi connectivity index (χ4n) is 8.60. The zero-order valence-corrected chi connectivity index (χ0v) is 25.3. The van der Waals surface area contributed by atoms with Crippen LogP contribution in [0.4, 0.5) is 0 Å². The maximum atomic E-state index is 6.60.